The van der Waals surface area contributed by atoms with Gasteiger partial charge in [0.25, 0.3) is 0 Å². The van der Waals surface area contributed by atoms with Gasteiger partial charge in [0.1, 0.15) is 0 Å². The van der Waals surface area contributed by atoms with Crippen LogP contribution < -0.4 is 0 Å². The molecule has 0 aliphatic rings. The van der Waals surface area contributed by atoms with Crippen molar-refractivity contribution < 1.29 is 24.9 Å². The van der Waals surface area contributed by atoms with Crippen molar-refractivity contribution in [2.24, 2.45) is 11.8 Å². The molecule has 3 N–H and O–H groups in total. The van der Waals surface area contributed by atoms with Crippen molar-refractivity contribution in [3.63, 3.8) is 0 Å². The molecule has 0 heterocycles. The summed E-state index contributed by atoms with van der Waals surface area (Å²) in [6.07, 6.45) is 10.3. The van der Waals surface area contributed by atoms with Crippen LogP contribution in [-0.2, 0) is 9.59 Å². The van der Waals surface area contributed by atoms with Gasteiger partial charge in [-0.1, -0.05) is 78.1 Å². The largest absolute Gasteiger partial charge is 0.481 e. The molecule has 0 saturated heterocycles. The van der Waals surface area contributed by atoms with E-state index in [1.165, 1.54) is 19.3 Å². The van der Waals surface area contributed by atoms with Gasteiger partial charge in [-0.25, -0.2) is 0 Å². The number of aliphatic hydroxyl groups excluding tert-OH is 1. The first kappa shape index (κ1) is 23.9. The molecule has 0 fully saturated rings. The van der Waals surface area contributed by atoms with Crippen LogP contribution in [0.25, 0.3) is 0 Å². The molecule has 0 amide bonds. The molecule has 0 aliphatic carbocycles. The lowest BCUT2D eigenvalue weighted by Gasteiger charge is -2.22. The zero-order valence-corrected chi connectivity index (χ0v) is 16.1. The average molecular weight is 359 g/mol. The molecule has 5 heteroatoms. The summed E-state index contributed by atoms with van der Waals surface area (Å²) in [7, 11) is 0. The highest BCUT2D eigenvalue weighted by atomic mass is 16.4. The van der Waals surface area contributed by atoms with Crippen LogP contribution in [0.15, 0.2) is 0 Å². The van der Waals surface area contributed by atoms with Crippen LogP contribution in [0.4, 0.5) is 0 Å². The van der Waals surface area contributed by atoms with E-state index >= 15 is 0 Å². The summed E-state index contributed by atoms with van der Waals surface area (Å²) in [6, 6.07) is 0. The Bertz CT molecular complexity index is 356. The molecule has 0 rings (SSSR count). The molecule has 0 saturated carbocycles. The SMILES string of the molecule is CCCCCCCCC(O)C(CC(CCCCCC)C(=O)O)C(=O)O. The third kappa shape index (κ3) is 12.0. The quantitative estimate of drug-likeness (QED) is 0.323. The topological polar surface area (TPSA) is 94.8 Å². The number of carboxylic acid groups (broad SMARTS) is 2. The number of unbranched alkanes of at least 4 members (excludes halogenated alkanes) is 8. The van der Waals surface area contributed by atoms with Gasteiger partial charge in [0.05, 0.1) is 17.9 Å². The van der Waals surface area contributed by atoms with Crippen molar-refractivity contribution in [1.29, 1.82) is 0 Å². The molecule has 148 valence electrons. The zero-order chi connectivity index (χ0) is 19.1. The van der Waals surface area contributed by atoms with Crippen LogP contribution in [0, 0.1) is 11.8 Å². The molecular weight excluding hydrogens is 320 g/mol. The van der Waals surface area contributed by atoms with Gasteiger partial charge in [0, 0.05) is 0 Å². The summed E-state index contributed by atoms with van der Waals surface area (Å²) >= 11 is 0. The van der Waals surface area contributed by atoms with E-state index in [1.807, 2.05) is 0 Å². The lowest BCUT2D eigenvalue weighted by molar-refractivity contribution is -0.149. The minimum Gasteiger partial charge on any atom is -0.481 e. The second-order valence-corrected chi connectivity index (χ2v) is 7.19. The fourth-order valence-corrected chi connectivity index (χ4v) is 3.22. The second-order valence-electron chi connectivity index (χ2n) is 7.19. The molecule has 0 aromatic rings. The van der Waals surface area contributed by atoms with E-state index in [1.54, 1.807) is 0 Å². The fraction of sp³-hybridized carbons (Fsp3) is 0.900. The van der Waals surface area contributed by atoms with Gasteiger partial charge in [-0.2, -0.15) is 0 Å². The molecule has 3 unspecified atom stereocenters. The van der Waals surface area contributed by atoms with Crippen LogP contribution in [0.1, 0.15) is 97.3 Å². The van der Waals surface area contributed by atoms with Gasteiger partial charge in [-0.3, -0.25) is 9.59 Å². The number of hydrogen-bond acceptors (Lipinski definition) is 3. The number of rotatable bonds is 17. The summed E-state index contributed by atoms with van der Waals surface area (Å²) < 4.78 is 0. The number of carbonyl (C=O) groups is 2. The van der Waals surface area contributed by atoms with E-state index < -0.39 is 29.9 Å². The van der Waals surface area contributed by atoms with E-state index in [4.69, 9.17) is 0 Å². The van der Waals surface area contributed by atoms with Crippen LogP contribution in [0.3, 0.4) is 0 Å². The molecule has 0 spiro atoms. The van der Waals surface area contributed by atoms with Gasteiger partial charge in [-0.05, 0) is 19.3 Å². The Hall–Kier alpha value is -1.10. The average Bonchev–Trinajstić information content (AvgIpc) is 2.56. The molecule has 25 heavy (non-hydrogen) atoms. The smallest absolute Gasteiger partial charge is 0.309 e. The van der Waals surface area contributed by atoms with Crippen molar-refractivity contribution in [3.05, 3.63) is 0 Å². The van der Waals surface area contributed by atoms with Crippen LogP contribution in [0.5, 0.6) is 0 Å². The van der Waals surface area contributed by atoms with Gasteiger partial charge in [0.2, 0.25) is 0 Å². The van der Waals surface area contributed by atoms with E-state index in [9.17, 15) is 24.9 Å². The normalized spacial score (nSPS) is 14.8. The first-order chi connectivity index (χ1) is 11.9. The van der Waals surface area contributed by atoms with Crippen molar-refractivity contribution in [2.45, 2.75) is 103 Å². The van der Waals surface area contributed by atoms with Gasteiger partial charge < -0.3 is 15.3 Å². The van der Waals surface area contributed by atoms with Gasteiger partial charge in [-0.15, -0.1) is 0 Å². The van der Waals surface area contributed by atoms with Crippen molar-refractivity contribution >= 4 is 11.9 Å². The first-order valence-electron chi connectivity index (χ1n) is 10.1. The Morgan fingerprint density at radius 3 is 1.72 bits per heavy atom. The van der Waals surface area contributed by atoms with E-state index in [0.29, 0.717) is 12.8 Å². The Labute approximate surface area is 152 Å². The molecule has 0 aromatic carbocycles. The Kier molecular flexibility index (Phi) is 14.5. The predicted molar refractivity (Wildman–Crippen MR) is 99.6 cm³/mol. The summed E-state index contributed by atoms with van der Waals surface area (Å²) in [5.74, 6) is -3.70. The summed E-state index contributed by atoms with van der Waals surface area (Å²) in [6.45, 7) is 4.25. The Morgan fingerprint density at radius 2 is 1.20 bits per heavy atom. The maximum absolute atomic E-state index is 11.5. The van der Waals surface area contributed by atoms with Crippen molar-refractivity contribution in [2.75, 3.05) is 0 Å². The number of aliphatic carboxylic acids is 2. The van der Waals surface area contributed by atoms with Gasteiger partial charge in [0.15, 0.2) is 0 Å². The van der Waals surface area contributed by atoms with Crippen molar-refractivity contribution in [3.8, 4) is 0 Å². The minimum absolute atomic E-state index is 0.0216. The van der Waals surface area contributed by atoms with E-state index in [0.717, 1.165) is 44.9 Å². The molecule has 0 bridgehead atoms. The van der Waals surface area contributed by atoms with Crippen molar-refractivity contribution in [1.82, 2.24) is 0 Å². The van der Waals surface area contributed by atoms with Crippen LogP contribution in [-0.4, -0.2) is 33.4 Å². The molecule has 0 aromatic heterocycles. The Morgan fingerprint density at radius 1 is 0.720 bits per heavy atom. The molecule has 0 aliphatic heterocycles. The molecule has 3 atom stereocenters. The summed E-state index contributed by atoms with van der Waals surface area (Å²) in [4.78, 5) is 22.9. The summed E-state index contributed by atoms with van der Waals surface area (Å²) in [5.41, 5.74) is 0. The fourth-order valence-electron chi connectivity index (χ4n) is 3.22. The van der Waals surface area contributed by atoms with Crippen LogP contribution >= 0.6 is 0 Å². The lowest BCUT2D eigenvalue weighted by Crippen LogP contribution is -2.32. The third-order valence-corrected chi connectivity index (χ3v) is 4.93. The second kappa shape index (κ2) is 15.2. The highest BCUT2D eigenvalue weighted by Gasteiger charge is 2.31. The number of carboxylic acids is 2. The maximum atomic E-state index is 11.5. The number of aliphatic hydroxyl groups is 1. The molecule has 0 radical (unpaired) electrons. The summed E-state index contributed by atoms with van der Waals surface area (Å²) in [5, 5.41) is 29.0. The highest BCUT2D eigenvalue weighted by Crippen LogP contribution is 2.25. The number of hydrogen-bond donors (Lipinski definition) is 3. The highest BCUT2D eigenvalue weighted by molar-refractivity contribution is 5.74. The minimum atomic E-state index is -1.08. The standard InChI is InChI=1S/C20H38O5/c1-3-5-7-9-10-12-14-18(21)17(20(24)25)15-16(19(22)23)13-11-8-6-4-2/h16-18,21H,3-15H2,1-2H3,(H,22,23)(H,24,25). The molecular formula is C20H38O5. The van der Waals surface area contributed by atoms with E-state index in [2.05, 4.69) is 13.8 Å². The maximum Gasteiger partial charge on any atom is 0.309 e. The predicted octanol–water partition coefficient (Wildman–Crippen LogP) is 4.86. The van der Waals surface area contributed by atoms with Gasteiger partial charge >= 0.3 is 11.9 Å². The first-order valence-corrected chi connectivity index (χ1v) is 10.1. The zero-order valence-electron chi connectivity index (χ0n) is 16.1. The Balaban J connectivity index is 4.37. The van der Waals surface area contributed by atoms with E-state index in [-0.39, 0.29) is 6.42 Å². The third-order valence-electron chi connectivity index (χ3n) is 4.93. The molecule has 5 nitrogen and oxygen atoms in total. The van der Waals surface area contributed by atoms with Crippen LogP contribution in [0.2, 0.25) is 0 Å². The lowest BCUT2D eigenvalue weighted by atomic mass is 9.85. The monoisotopic (exact) mass is 358 g/mol.